The van der Waals surface area contributed by atoms with Crippen molar-refractivity contribution in [1.82, 2.24) is 24.9 Å². The summed E-state index contributed by atoms with van der Waals surface area (Å²) in [5.41, 5.74) is 0.575. The summed E-state index contributed by atoms with van der Waals surface area (Å²) in [6, 6.07) is 2.95. The summed E-state index contributed by atoms with van der Waals surface area (Å²) in [6.45, 7) is 1.95. The molecule has 10 heteroatoms. The van der Waals surface area contributed by atoms with E-state index in [2.05, 4.69) is 36.8 Å². The number of carbonyl (C=O) groups is 2. The van der Waals surface area contributed by atoms with Gasteiger partial charge >= 0.3 is 0 Å². The molecule has 3 heterocycles. The number of rotatable bonds is 6. The largest absolute Gasteiger partial charge is 0.467 e. The third-order valence-corrected chi connectivity index (χ3v) is 4.17. The van der Waals surface area contributed by atoms with Gasteiger partial charge in [0.15, 0.2) is 0 Å². The Balaban J connectivity index is 1.70. The molecule has 3 aromatic rings. The molecule has 0 saturated carbocycles. The van der Waals surface area contributed by atoms with Crippen molar-refractivity contribution in [1.29, 1.82) is 0 Å². The molecule has 0 aliphatic rings. The summed E-state index contributed by atoms with van der Waals surface area (Å²) in [6.07, 6.45) is 6.27. The number of hydrogen-bond acceptors (Lipinski definition) is 5. The molecule has 0 bridgehead atoms. The van der Waals surface area contributed by atoms with Gasteiger partial charge in [-0.3, -0.25) is 19.0 Å². The molecule has 0 radical (unpaired) electrons. The SMILES string of the molecule is CC(C(=O)Nc1cnn(C)c1C(=O)NCc1ccco1)n1cc(Br)cn1. The highest BCUT2D eigenvalue weighted by Crippen LogP contribution is 2.18. The van der Waals surface area contributed by atoms with E-state index in [0.717, 1.165) is 4.47 Å². The fourth-order valence-corrected chi connectivity index (χ4v) is 2.65. The van der Waals surface area contributed by atoms with Crippen molar-refractivity contribution < 1.29 is 14.0 Å². The second-order valence-electron chi connectivity index (χ2n) is 5.60. The van der Waals surface area contributed by atoms with Crippen molar-refractivity contribution in [2.75, 3.05) is 5.32 Å². The van der Waals surface area contributed by atoms with Gasteiger partial charge in [0.25, 0.3) is 5.91 Å². The van der Waals surface area contributed by atoms with Crippen molar-refractivity contribution in [3.05, 3.63) is 52.9 Å². The summed E-state index contributed by atoms with van der Waals surface area (Å²) in [5, 5.41) is 13.6. The number of halogens is 1. The molecule has 3 aromatic heterocycles. The summed E-state index contributed by atoms with van der Waals surface area (Å²) in [5.74, 6) is -0.0520. The minimum absolute atomic E-state index is 0.238. The van der Waals surface area contributed by atoms with E-state index in [-0.39, 0.29) is 24.1 Å². The Bertz CT molecular complexity index is 914. The number of furan rings is 1. The minimum Gasteiger partial charge on any atom is -0.467 e. The molecule has 0 aromatic carbocycles. The van der Waals surface area contributed by atoms with Gasteiger partial charge in [-0.1, -0.05) is 0 Å². The Labute approximate surface area is 157 Å². The second-order valence-corrected chi connectivity index (χ2v) is 6.51. The number of carbonyl (C=O) groups excluding carboxylic acids is 2. The first-order valence-corrected chi connectivity index (χ1v) is 8.58. The van der Waals surface area contributed by atoms with Gasteiger partial charge in [-0.05, 0) is 35.0 Å². The molecule has 136 valence electrons. The second kappa shape index (κ2) is 7.56. The summed E-state index contributed by atoms with van der Waals surface area (Å²) < 4.78 is 8.89. The predicted octanol–water partition coefficient (Wildman–Crippen LogP) is 2.10. The van der Waals surface area contributed by atoms with E-state index in [1.165, 1.54) is 21.8 Å². The van der Waals surface area contributed by atoms with Crippen LogP contribution in [0.25, 0.3) is 0 Å². The predicted molar refractivity (Wildman–Crippen MR) is 96.4 cm³/mol. The fourth-order valence-electron chi connectivity index (χ4n) is 2.35. The topological polar surface area (TPSA) is 107 Å². The van der Waals surface area contributed by atoms with Gasteiger partial charge < -0.3 is 15.1 Å². The first-order valence-electron chi connectivity index (χ1n) is 7.79. The normalized spacial score (nSPS) is 12.0. The molecule has 9 nitrogen and oxygen atoms in total. The van der Waals surface area contributed by atoms with E-state index in [1.54, 1.807) is 38.5 Å². The van der Waals surface area contributed by atoms with Crippen LogP contribution < -0.4 is 10.6 Å². The van der Waals surface area contributed by atoms with Crippen LogP contribution >= 0.6 is 15.9 Å². The van der Waals surface area contributed by atoms with Crippen LogP contribution in [0.1, 0.15) is 29.2 Å². The number of nitrogens with zero attached hydrogens (tertiary/aromatic N) is 4. The van der Waals surface area contributed by atoms with Crippen molar-refractivity contribution in [2.24, 2.45) is 7.05 Å². The molecule has 0 aliphatic heterocycles. The van der Waals surface area contributed by atoms with Crippen LogP contribution in [0.3, 0.4) is 0 Å². The molecular formula is C16H17BrN6O3. The third kappa shape index (κ3) is 3.85. The number of aromatic nitrogens is 4. The average molecular weight is 421 g/mol. The molecule has 0 spiro atoms. The van der Waals surface area contributed by atoms with Gasteiger partial charge in [0.05, 0.1) is 35.4 Å². The van der Waals surface area contributed by atoms with E-state index in [1.807, 2.05) is 0 Å². The van der Waals surface area contributed by atoms with Gasteiger partial charge in [-0.25, -0.2) is 0 Å². The van der Waals surface area contributed by atoms with Crippen molar-refractivity contribution >= 4 is 33.4 Å². The standard InChI is InChI=1S/C16H17BrN6O3/c1-10(23-9-11(17)6-20-23)15(24)21-13-8-19-22(2)14(13)16(25)18-7-12-4-3-5-26-12/h3-6,8-10H,7H2,1-2H3,(H,18,25)(H,21,24). The molecule has 0 fully saturated rings. The highest BCUT2D eigenvalue weighted by molar-refractivity contribution is 9.10. The molecule has 0 saturated heterocycles. The third-order valence-electron chi connectivity index (χ3n) is 3.76. The fraction of sp³-hybridized carbons (Fsp3) is 0.250. The highest BCUT2D eigenvalue weighted by Gasteiger charge is 2.22. The number of nitrogens with one attached hydrogen (secondary N) is 2. The Morgan fingerprint density at radius 2 is 2.15 bits per heavy atom. The lowest BCUT2D eigenvalue weighted by atomic mass is 10.2. The number of amides is 2. The first-order chi connectivity index (χ1) is 12.5. The van der Waals surface area contributed by atoms with E-state index in [0.29, 0.717) is 11.4 Å². The van der Waals surface area contributed by atoms with Gasteiger partial charge in [0, 0.05) is 13.2 Å². The van der Waals surface area contributed by atoms with Crippen LogP contribution in [0.2, 0.25) is 0 Å². The van der Waals surface area contributed by atoms with Gasteiger partial charge in [-0.15, -0.1) is 0 Å². The molecule has 0 aliphatic carbocycles. The monoisotopic (exact) mass is 420 g/mol. The quantitative estimate of drug-likeness (QED) is 0.634. The Morgan fingerprint density at radius 3 is 2.81 bits per heavy atom. The summed E-state index contributed by atoms with van der Waals surface area (Å²) in [4.78, 5) is 25.0. The van der Waals surface area contributed by atoms with Gasteiger partial charge in [-0.2, -0.15) is 10.2 Å². The van der Waals surface area contributed by atoms with Crippen LogP contribution in [0.5, 0.6) is 0 Å². The van der Waals surface area contributed by atoms with Crippen LogP contribution in [0.4, 0.5) is 5.69 Å². The van der Waals surface area contributed by atoms with Gasteiger partial charge in [0.1, 0.15) is 17.5 Å². The molecular weight excluding hydrogens is 404 g/mol. The van der Waals surface area contributed by atoms with E-state index < -0.39 is 6.04 Å². The lowest BCUT2D eigenvalue weighted by Gasteiger charge is -2.13. The average Bonchev–Trinajstić information content (AvgIpc) is 3.34. The molecule has 2 N–H and O–H groups in total. The number of hydrogen-bond donors (Lipinski definition) is 2. The zero-order valence-corrected chi connectivity index (χ0v) is 15.7. The molecule has 3 rings (SSSR count). The van der Waals surface area contributed by atoms with Crippen molar-refractivity contribution in [3.63, 3.8) is 0 Å². The van der Waals surface area contributed by atoms with Crippen molar-refractivity contribution in [3.8, 4) is 0 Å². The van der Waals surface area contributed by atoms with E-state index >= 15 is 0 Å². The van der Waals surface area contributed by atoms with Crippen LogP contribution in [-0.2, 0) is 18.4 Å². The first kappa shape index (κ1) is 17.9. The van der Waals surface area contributed by atoms with E-state index in [9.17, 15) is 9.59 Å². The maximum Gasteiger partial charge on any atom is 0.272 e. The lowest BCUT2D eigenvalue weighted by Crippen LogP contribution is -2.28. The number of aryl methyl sites for hydroxylation is 1. The Kier molecular flexibility index (Phi) is 5.21. The molecule has 26 heavy (non-hydrogen) atoms. The van der Waals surface area contributed by atoms with Gasteiger partial charge in [0.2, 0.25) is 5.91 Å². The zero-order chi connectivity index (χ0) is 18.7. The van der Waals surface area contributed by atoms with Crippen LogP contribution in [0.15, 0.2) is 45.9 Å². The lowest BCUT2D eigenvalue weighted by molar-refractivity contribution is -0.119. The van der Waals surface area contributed by atoms with Crippen LogP contribution in [-0.4, -0.2) is 31.4 Å². The zero-order valence-electron chi connectivity index (χ0n) is 14.1. The summed E-state index contributed by atoms with van der Waals surface area (Å²) in [7, 11) is 1.63. The Hall–Kier alpha value is -2.88. The number of anilines is 1. The molecule has 1 atom stereocenters. The molecule has 2 amide bonds. The highest BCUT2D eigenvalue weighted by atomic mass is 79.9. The summed E-state index contributed by atoms with van der Waals surface area (Å²) >= 11 is 3.30. The maximum absolute atomic E-state index is 12.5. The van der Waals surface area contributed by atoms with E-state index in [4.69, 9.17) is 4.42 Å². The van der Waals surface area contributed by atoms with Crippen molar-refractivity contribution in [2.45, 2.75) is 19.5 Å². The smallest absolute Gasteiger partial charge is 0.272 e. The maximum atomic E-state index is 12.5. The Morgan fingerprint density at radius 1 is 1.35 bits per heavy atom. The molecule has 1 unspecified atom stereocenters. The van der Waals surface area contributed by atoms with Crippen LogP contribution in [0, 0.1) is 0 Å². The minimum atomic E-state index is -0.555.